The van der Waals surface area contributed by atoms with E-state index in [1.807, 2.05) is 6.08 Å². The van der Waals surface area contributed by atoms with E-state index in [-0.39, 0.29) is 0 Å². The van der Waals surface area contributed by atoms with Gasteiger partial charge in [-0.05, 0) is 29.9 Å². The molecule has 0 aliphatic carbocycles. The highest BCUT2D eigenvalue weighted by atomic mass is 14.1. The molecule has 1 atom stereocenters. The second kappa shape index (κ2) is 4.86. The summed E-state index contributed by atoms with van der Waals surface area (Å²) in [5, 5.41) is 0. The lowest BCUT2D eigenvalue weighted by Gasteiger charge is -2.13. The van der Waals surface area contributed by atoms with E-state index in [1.165, 1.54) is 17.5 Å². The van der Waals surface area contributed by atoms with Crippen molar-refractivity contribution < 1.29 is 0 Å². The summed E-state index contributed by atoms with van der Waals surface area (Å²) in [6.45, 7) is 8.29. The van der Waals surface area contributed by atoms with Gasteiger partial charge in [-0.3, -0.25) is 0 Å². The summed E-state index contributed by atoms with van der Waals surface area (Å²) in [5.74, 6) is 0.663. The normalized spacial score (nSPS) is 12.5. The first-order valence-electron chi connectivity index (χ1n) is 4.98. The molecule has 0 saturated heterocycles. The van der Waals surface area contributed by atoms with E-state index < -0.39 is 0 Å². The van der Waals surface area contributed by atoms with Crippen LogP contribution in [0.4, 0.5) is 0 Å². The Kier molecular flexibility index (Phi) is 3.75. The zero-order valence-corrected chi connectivity index (χ0v) is 8.59. The molecule has 0 radical (unpaired) electrons. The lowest BCUT2D eigenvalue weighted by atomic mass is 9.92. The molecule has 0 saturated carbocycles. The van der Waals surface area contributed by atoms with Gasteiger partial charge in [-0.25, -0.2) is 0 Å². The summed E-state index contributed by atoms with van der Waals surface area (Å²) in [6.07, 6.45) is 4.16. The van der Waals surface area contributed by atoms with Gasteiger partial charge >= 0.3 is 0 Å². The van der Waals surface area contributed by atoms with Gasteiger partial charge in [-0.1, -0.05) is 44.2 Å². The Morgan fingerprint density at radius 1 is 1.38 bits per heavy atom. The van der Waals surface area contributed by atoms with Crippen molar-refractivity contribution in [3.63, 3.8) is 0 Å². The first kappa shape index (κ1) is 10.0. The Balaban J connectivity index is 2.96. The molecule has 0 aliphatic rings. The van der Waals surface area contributed by atoms with E-state index in [0.717, 1.165) is 6.42 Å². The van der Waals surface area contributed by atoms with Crippen LogP contribution in [0.25, 0.3) is 0 Å². The van der Waals surface area contributed by atoms with E-state index in [0.29, 0.717) is 5.92 Å². The van der Waals surface area contributed by atoms with Crippen LogP contribution >= 0.6 is 0 Å². The molecule has 0 heteroatoms. The monoisotopic (exact) mass is 174 g/mol. The Labute approximate surface area is 81.3 Å². The number of benzene rings is 1. The molecule has 0 fully saturated rings. The zero-order valence-electron chi connectivity index (χ0n) is 8.59. The van der Waals surface area contributed by atoms with Gasteiger partial charge in [0.15, 0.2) is 0 Å². The lowest BCUT2D eigenvalue weighted by molar-refractivity contribution is 0.726. The molecule has 1 aromatic rings. The van der Waals surface area contributed by atoms with Gasteiger partial charge in [0.2, 0.25) is 0 Å². The average molecular weight is 174 g/mol. The minimum absolute atomic E-state index is 0.663. The van der Waals surface area contributed by atoms with Gasteiger partial charge in [0.05, 0.1) is 0 Å². The highest BCUT2D eigenvalue weighted by Gasteiger charge is 2.06. The van der Waals surface area contributed by atoms with Crippen molar-refractivity contribution in [2.24, 2.45) is 0 Å². The van der Waals surface area contributed by atoms with E-state index in [4.69, 9.17) is 0 Å². The third-order valence-electron chi connectivity index (χ3n) is 2.56. The molecule has 0 aliphatic heterocycles. The molecule has 0 aromatic heterocycles. The largest absolute Gasteiger partial charge is 0.103 e. The maximum Gasteiger partial charge on any atom is -0.00973 e. The molecule has 1 rings (SSSR count). The van der Waals surface area contributed by atoms with Gasteiger partial charge in [-0.15, -0.1) is 6.58 Å². The van der Waals surface area contributed by atoms with E-state index >= 15 is 0 Å². The van der Waals surface area contributed by atoms with E-state index in [2.05, 4.69) is 44.7 Å². The quantitative estimate of drug-likeness (QED) is 0.607. The minimum atomic E-state index is 0.663. The van der Waals surface area contributed by atoms with Crippen molar-refractivity contribution in [3.05, 3.63) is 48.0 Å². The van der Waals surface area contributed by atoms with Crippen LogP contribution < -0.4 is 0 Å². The Morgan fingerprint density at radius 3 is 2.69 bits per heavy atom. The fraction of sp³-hybridized carbons (Fsp3) is 0.385. The summed E-state index contributed by atoms with van der Waals surface area (Å²) in [5.41, 5.74) is 2.90. The second-order valence-electron chi connectivity index (χ2n) is 3.50. The van der Waals surface area contributed by atoms with Crippen LogP contribution in [0.2, 0.25) is 0 Å². The molecule has 0 nitrogen and oxygen atoms in total. The van der Waals surface area contributed by atoms with Crippen molar-refractivity contribution >= 4 is 0 Å². The standard InChI is InChI=1S/C13H18/c1-4-8-12-9-6-7-10-13(12)11(3)5-2/h4,6-7,9-11H,1,5,8H2,2-3H3. The second-order valence-corrected chi connectivity index (χ2v) is 3.50. The summed E-state index contributed by atoms with van der Waals surface area (Å²) in [7, 11) is 0. The Morgan fingerprint density at radius 2 is 2.08 bits per heavy atom. The number of rotatable bonds is 4. The van der Waals surface area contributed by atoms with Crippen molar-refractivity contribution in [1.29, 1.82) is 0 Å². The highest BCUT2D eigenvalue weighted by Crippen LogP contribution is 2.22. The molecular formula is C13H18. The third kappa shape index (κ3) is 2.45. The summed E-state index contributed by atoms with van der Waals surface area (Å²) in [4.78, 5) is 0. The minimum Gasteiger partial charge on any atom is -0.103 e. The van der Waals surface area contributed by atoms with Crippen LogP contribution in [0.15, 0.2) is 36.9 Å². The molecule has 0 spiro atoms. The molecular weight excluding hydrogens is 156 g/mol. The van der Waals surface area contributed by atoms with Crippen LogP contribution in [-0.2, 0) is 6.42 Å². The number of allylic oxidation sites excluding steroid dienone is 1. The maximum atomic E-state index is 3.78. The molecule has 13 heavy (non-hydrogen) atoms. The van der Waals surface area contributed by atoms with Crippen LogP contribution in [0, 0.1) is 0 Å². The average Bonchev–Trinajstić information content (AvgIpc) is 2.18. The predicted octanol–water partition coefficient (Wildman–Crippen LogP) is 3.93. The first-order valence-corrected chi connectivity index (χ1v) is 4.98. The Hall–Kier alpha value is -1.04. The topological polar surface area (TPSA) is 0 Å². The van der Waals surface area contributed by atoms with Crippen molar-refractivity contribution in [2.75, 3.05) is 0 Å². The summed E-state index contributed by atoms with van der Waals surface area (Å²) in [6, 6.07) is 8.65. The van der Waals surface area contributed by atoms with E-state index in [9.17, 15) is 0 Å². The maximum absolute atomic E-state index is 3.78. The molecule has 0 N–H and O–H groups in total. The van der Waals surface area contributed by atoms with Gasteiger partial charge in [0.1, 0.15) is 0 Å². The molecule has 1 aromatic carbocycles. The van der Waals surface area contributed by atoms with Crippen LogP contribution in [0.5, 0.6) is 0 Å². The van der Waals surface area contributed by atoms with Gasteiger partial charge in [0.25, 0.3) is 0 Å². The number of hydrogen-bond donors (Lipinski definition) is 0. The third-order valence-corrected chi connectivity index (χ3v) is 2.56. The van der Waals surface area contributed by atoms with Gasteiger partial charge in [0, 0.05) is 0 Å². The van der Waals surface area contributed by atoms with Crippen molar-refractivity contribution in [3.8, 4) is 0 Å². The fourth-order valence-corrected chi connectivity index (χ4v) is 1.58. The van der Waals surface area contributed by atoms with Gasteiger partial charge < -0.3 is 0 Å². The van der Waals surface area contributed by atoms with E-state index in [1.54, 1.807) is 0 Å². The zero-order chi connectivity index (χ0) is 9.68. The van der Waals surface area contributed by atoms with Crippen molar-refractivity contribution in [1.82, 2.24) is 0 Å². The SMILES string of the molecule is C=CCc1ccccc1C(C)CC. The Bertz CT molecular complexity index is 273. The summed E-state index contributed by atoms with van der Waals surface area (Å²) < 4.78 is 0. The first-order chi connectivity index (χ1) is 6.29. The molecule has 70 valence electrons. The van der Waals surface area contributed by atoms with Crippen LogP contribution in [0.1, 0.15) is 37.3 Å². The fourth-order valence-electron chi connectivity index (χ4n) is 1.58. The lowest BCUT2D eigenvalue weighted by Crippen LogP contribution is -1.96. The molecule has 0 bridgehead atoms. The summed E-state index contributed by atoms with van der Waals surface area (Å²) >= 11 is 0. The van der Waals surface area contributed by atoms with Gasteiger partial charge in [-0.2, -0.15) is 0 Å². The number of hydrogen-bond acceptors (Lipinski definition) is 0. The van der Waals surface area contributed by atoms with Crippen LogP contribution in [0.3, 0.4) is 0 Å². The predicted molar refractivity (Wildman–Crippen MR) is 59.0 cm³/mol. The molecule has 0 heterocycles. The van der Waals surface area contributed by atoms with Crippen molar-refractivity contribution in [2.45, 2.75) is 32.6 Å². The molecule has 0 amide bonds. The van der Waals surface area contributed by atoms with Crippen LogP contribution in [-0.4, -0.2) is 0 Å². The molecule has 1 unspecified atom stereocenters. The smallest absolute Gasteiger partial charge is 0.00973 e. The highest BCUT2D eigenvalue weighted by molar-refractivity contribution is 5.31.